The van der Waals surface area contributed by atoms with Gasteiger partial charge in [0, 0.05) is 25.5 Å². The molecule has 0 radical (unpaired) electrons. The summed E-state index contributed by atoms with van der Waals surface area (Å²) in [6, 6.07) is 1.58. The Hall–Kier alpha value is -1.58. The van der Waals surface area contributed by atoms with Crippen molar-refractivity contribution >= 4 is 11.7 Å². The van der Waals surface area contributed by atoms with Crippen molar-refractivity contribution in [2.75, 3.05) is 6.54 Å². The lowest BCUT2D eigenvalue weighted by atomic mass is 9.97. The van der Waals surface area contributed by atoms with Gasteiger partial charge in [0.15, 0.2) is 11.5 Å². The number of carbonyl (C=O) groups is 2. The van der Waals surface area contributed by atoms with Crippen LogP contribution >= 0.6 is 0 Å². The second kappa shape index (κ2) is 4.73. The predicted octanol–water partition coefficient (Wildman–Crippen LogP) is 2.18. The van der Waals surface area contributed by atoms with E-state index in [0.29, 0.717) is 30.2 Å². The Morgan fingerprint density at radius 3 is 2.88 bits per heavy atom. The third kappa shape index (κ3) is 2.57. The molecule has 4 heteroatoms. The lowest BCUT2D eigenvalue weighted by molar-refractivity contribution is 0.0915. The summed E-state index contributed by atoms with van der Waals surface area (Å²) < 4.78 is 5.44. The molecular weight excluding hydrogens is 218 g/mol. The van der Waals surface area contributed by atoms with Crippen molar-refractivity contribution in [1.29, 1.82) is 0 Å². The highest BCUT2D eigenvalue weighted by molar-refractivity contribution is 6.01. The van der Waals surface area contributed by atoms with Gasteiger partial charge in [0.2, 0.25) is 0 Å². The van der Waals surface area contributed by atoms with E-state index in [1.165, 1.54) is 0 Å². The Morgan fingerprint density at radius 1 is 1.47 bits per heavy atom. The van der Waals surface area contributed by atoms with Crippen molar-refractivity contribution in [3.63, 3.8) is 0 Å². The Morgan fingerprint density at radius 2 is 2.24 bits per heavy atom. The number of Topliss-reactive ketones (excluding diaryl/α,β-unsaturated/α-hetero) is 1. The summed E-state index contributed by atoms with van der Waals surface area (Å²) >= 11 is 0. The molecule has 4 nitrogen and oxygen atoms in total. The zero-order chi connectivity index (χ0) is 12.4. The summed E-state index contributed by atoms with van der Waals surface area (Å²) in [5.41, 5.74) is 0.589. The molecule has 0 spiro atoms. The molecule has 0 unspecified atom stereocenters. The summed E-state index contributed by atoms with van der Waals surface area (Å²) in [6.07, 6.45) is 2.12. The van der Waals surface area contributed by atoms with E-state index in [-0.39, 0.29) is 17.5 Å². The minimum Gasteiger partial charge on any atom is -0.455 e. The molecule has 2 rings (SSSR count). The average Bonchev–Trinajstić information content (AvgIpc) is 2.71. The van der Waals surface area contributed by atoms with Crippen molar-refractivity contribution < 1.29 is 14.0 Å². The standard InChI is InChI=1S/C13H17NO3/c1-8(2)7-14-13(16)12-6-9-10(15)4-3-5-11(9)17-12/h6,8H,3-5,7H2,1-2H3,(H,14,16). The highest BCUT2D eigenvalue weighted by Crippen LogP contribution is 2.24. The number of hydrogen-bond acceptors (Lipinski definition) is 3. The van der Waals surface area contributed by atoms with E-state index in [0.717, 1.165) is 12.8 Å². The molecule has 0 atom stereocenters. The Bertz CT molecular complexity index is 446. The number of rotatable bonds is 3. The molecule has 1 N–H and O–H groups in total. The van der Waals surface area contributed by atoms with Crippen LogP contribution in [0.15, 0.2) is 10.5 Å². The van der Waals surface area contributed by atoms with Crippen LogP contribution in [-0.2, 0) is 6.42 Å². The maximum Gasteiger partial charge on any atom is 0.287 e. The van der Waals surface area contributed by atoms with Crippen molar-refractivity contribution in [2.24, 2.45) is 5.92 Å². The van der Waals surface area contributed by atoms with E-state index in [9.17, 15) is 9.59 Å². The van der Waals surface area contributed by atoms with Crippen LogP contribution in [0, 0.1) is 5.92 Å². The summed E-state index contributed by atoms with van der Waals surface area (Å²) in [5.74, 6) is 1.16. The second-order valence-corrected chi connectivity index (χ2v) is 4.83. The lowest BCUT2D eigenvalue weighted by Crippen LogP contribution is -2.26. The maximum absolute atomic E-state index is 11.8. The number of fused-ring (bicyclic) bond motifs is 1. The van der Waals surface area contributed by atoms with E-state index in [2.05, 4.69) is 5.32 Å². The van der Waals surface area contributed by atoms with Crippen LogP contribution in [0.1, 0.15) is 53.4 Å². The first-order valence-electron chi connectivity index (χ1n) is 6.02. The van der Waals surface area contributed by atoms with Gasteiger partial charge in [0.25, 0.3) is 5.91 Å². The minimum atomic E-state index is -0.235. The van der Waals surface area contributed by atoms with Crippen LogP contribution in [0.25, 0.3) is 0 Å². The fourth-order valence-corrected chi connectivity index (χ4v) is 1.89. The van der Waals surface area contributed by atoms with Gasteiger partial charge in [-0.3, -0.25) is 9.59 Å². The molecular formula is C13H17NO3. The number of ketones is 1. The highest BCUT2D eigenvalue weighted by Gasteiger charge is 2.24. The van der Waals surface area contributed by atoms with Crippen LogP contribution in [0.4, 0.5) is 0 Å². The van der Waals surface area contributed by atoms with Gasteiger partial charge in [-0.25, -0.2) is 0 Å². The van der Waals surface area contributed by atoms with Crippen LogP contribution in [0.5, 0.6) is 0 Å². The van der Waals surface area contributed by atoms with Crippen LogP contribution < -0.4 is 5.32 Å². The molecule has 1 aromatic heterocycles. The molecule has 0 fully saturated rings. The van der Waals surface area contributed by atoms with Gasteiger partial charge in [-0.2, -0.15) is 0 Å². The normalized spacial score (nSPS) is 14.9. The molecule has 1 aliphatic rings. The van der Waals surface area contributed by atoms with Crippen LogP contribution in [0.2, 0.25) is 0 Å². The summed E-state index contributed by atoms with van der Waals surface area (Å²) in [4.78, 5) is 23.4. The van der Waals surface area contributed by atoms with Gasteiger partial charge < -0.3 is 9.73 Å². The van der Waals surface area contributed by atoms with E-state index < -0.39 is 0 Å². The Balaban J connectivity index is 2.12. The van der Waals surface area contributed by atoms with Crippen molar-refractivity contribution in [3.05, 3.63) is 23.2 Å². The van der Waals surface area contributed by atoms with Crippen molar-refractivity contribution in [2.45, 2.75) is 33.1 Å². The average molecular weight is 235 g/mol. The summed E-state index contributed by atoms with van der Waals surface area (Å²) in [5, 5.41) is 2.78. The predicted molar refractivity (Wildman–Crippen MR) is 63.1 cm³/mol. The molecule has 0 saturated heterocycles. The van der Waals surface area contributed by atoms with E-state index in [1.807, 2.05) is 13.8 Å². The summed E-state index contributed by atoms with van der Waals surface area (Å²) in [6.45, 7) is 4.66. The highest BCUT2D eigenvalue weighted by atomic mass is 16.4. The topological polar surface area (TPSA) is 59.3 Å². The van der Waals surface area contributed by atoms with Gasteiger partial charge in [-0.1, -0.05) is 13.8 Å². The number of aryl methyl sites for hydroxylation is 1. The molecule has 0 aromatic carbocycles. The van der Waals surface area contributed by atoms with Gasteiger partial charge in [0.1, 0.15) is 5.76 Å². The van der Waals surface area contributed by atoms with Crippen LogP contribution in [0.3, 0.4) is 0 Å². The van der Waals surface area contributed by atoms with Crippen molar-refractivity contribution in [1.82, 2.24) is 5.32 Å². The quantitative estimate of drug-likeness (QED) is 0.873. The van der Waals surface area contributed by atoms with E-state index in [1.54, 1.807) is 6.07 Å². The third-order valence-corrected chi connectivity index (χ3v) is 2.81. The lowest BCUT2D eigenvalue weighted by Gasteiger charge is -2.06. The number of hydrogen-bond donors (Lipinski definition) is 1. The van der Waals surface area contributed by atoms with Crippen molar-refractivity contribution in [3.8, 4) is 0 Å². The second-order valence-electron chi connectivity index (χ2n) is 4.83. The zero-order valence-corrected chi connectivity index (χ0v) is 10.2. The third-order valence-electron chi connectivity index (χ3n) is 2.81. The first kappa shape index (κ1) is 11.9. The molecule has 0 aliphatic heterocycles. The fourth-order valence-electron chi connectivity index (χ4n) is 1.89. The summed E-state index contributed by atoms with van der Waals surface area (Å²) in [7, 11) is 0. The largest absolute Gasteiger partial charge is 0.455 e. The monoisotopic (exact) mass is 235 g/mol. The molecule has 1 heterocycles. The number of amides is 1. The fraction of sp³-hybridized carbons (Fsp3) is 0.538. The van der Waals surface area contributed by atoms with Crippen LogP contribution in [-0.4, -0.2) is 18.2 Å². The first-order valence-corrected chi connectivity index (χ1v) is 6.02. The maximum atomic E-state index is 11.8. The van der Waals surface area contributed by atoms with Gasteiger partial charge in [0.05, 0.1) is 5.56 Å². The molecule has 1 aromatic rings. The number of furan rings is 1. The first-order chi connectivity index (χ1) is 8.08. The zero-order valence-electron chi connectivity index (χ0n) is 10.2. The molecule has 17 heavy (non-hydrogen) atoms. The number of nitrogens with one attached hydrogen (secondary N) is 1. The minimum absolute atomic E-state index is 0.0814. The van der Waals surface area contributed by atoms with E-state index in [4.69, 9.17) is 4.42 Å². The molecule has 0 saturated carbocycles. The SMILES string of the molecule is CC(C)CNC(=O)c1cc2c(o1)CCCC2=O. The Kier molecular flexibility index (Phi) is 3.31. The van der Waals surface area contributed by atoms with Gasteiger partial charge in [-0.05, 0) is 12.3 Å². The van der Waals surface area contributed by atoms with Gasteiger partial charge >= 0.3 is 0 Å². The molecule has 92 valence electrons. The van der Waals surface area contributed by atoms with Gasteiger partial charge in [-0.15, -0.1) is 0 Å². The Labute approximate surface area is 100 Å². The molecule has 1 aliphatic carbocycles. The van der Waals surface area contributed by atoms with E-state index >= 15 is 0 Å². The molecule has 0 bridgehead atoms. The number of carbonyl (C=O) groups excluding carboxylic acids is 2. The molecule has 1 amide bonds. The smallest absolute Gasteiger partial charge is 0.287 e.